The van der Waals surface area contributed by atoms with E-state index in [1.807, 2.05) is 25.1 Å². The summed E-state index contributed by atoms with van der Waals surface area (Å²) >= 11 is 3.33. The number of hydrogen-bond acceptors (Lipinski definition) is 2. The lowest BCUT2D eigenvalue weighted by Crippen LogP contribution is -1.94. The van der Waals surface area contributed by atoms with Crippen LogP contribution in [0.2, 0.25) is 0 Å². The molecular formula is C8H10BrNO. The Hall–Kier alpha value is -0.700. The Bertz CT molecular complexity index is 250. The number of halogens is 1. The van der Waals surface area contributed by atoms with Gasteiger partial charge < -0.3 is 10.5 Å². The molecule has 0 saturated heterocycles. The van der Waals surface area contributed by atoms with Crippen LogP contribution in [0.25, 0.3) is 0 Å². The van der Waals surface area contributed by atoms with Gasteiger partial charge in [-0.05, 0) is 35.0 Å². The monoisotopic (exact) mass is 215 g/mol. The van der Waals surface area contributed by atoms with E-state index >= 15 is 0 Å². The van der Waals surface area contributed by atoms with Gasteiger partial charge in [0, 0.05) is 5.69 Å². The van der Waals surface area contributed by atoms with Crippen LogP contribution >= 0.6 is 15.9 Å². The van der Waals surface area contributed by atoms with Crippen LogP contribution in [0.3, 0.4) is 0 Å². The molecule has 2 nitrogen and oxygen atoms in total. The summed E-state index contributed by atoms with van der Waals surface area (Å²) in [5.74, 6) is 0.799. The predicted octanol–water partition coefficient (Wildman–Crippen LogP) is 2.43. The Morgan fingerprint density at radius 3 is 2.91 bits per heavy atom. The van der Waals surface area contributed by atoms with Gasteiger partial charge in [0.25, 0.3) is 0 Å². The third-order valence-electron chi connectivity index (χ3n) is 1.29. The second kappa shape index (κ2) is 3.62. The molecule has 2 N–H and O–H groups in total. The van der Waals surface area contributed by atoms with Gasteiger partial charge >= 0.3 is 0 Å². The smallest absolute Gasteiger partial charge is 0.135 e. The first-order valence-electron chi connectivity index (χ1n) is 3.42. The molecule has 0 fully saturated rings. The summed E-state index contributed by atoms with van der Waals surface area (Å²) in [6, 6.07) is 5.57. The van der Waals surface area contributed by atoms with E-state index in [0.29, 0.717) is 12.3 Å². The first-order valence-corrected chi connectivity index (χ1v) is 4.21. The van der Waals surface area contributed by atoms with Gasteiger partial charge in [0.15, 0.2) is 0 Å². The first kappa shape index (κ1) is 8.40. The molecule has 0 heterocycles. The molecule has 0 atom stereocenters. The van der Waals surface area contributed by atoms with Gasteiger partial charge in [0.05, 0.1) is 11.1 Å². The van der Waals surface area contributed by atoms with Crippen molar-refractivity contribution in [3.8, 4) is 5.75 Å². The lowest BCUT2D eigenvalue weighted by Gasteiger charge is -2.06. The minimum absolute atomic E-state index is 0.655. The fraction of sp³-hybridized carbons (Fsp3) is 0.250. The lowest BCUT2D eigenvalue weighted by molar-refractivity contribution is 0.338. The number of nitrogen functional groups attached to an aromatic ring is 1. The number of hydrogen-bond donors (Lipinski definition) is 1. The third kappa shape index (κ3) is 1.87. The summed E-state index contributed by atoms with van der Waals surface area (Å²) < 4.78 is 6.13. The average Bonchev–Trinajstić information content (AvgIpc) is 1.99. The van der Waals surface area contributed by atoms with E-state index in [-0.39, 0.29) is 0 Å². The highest BCUT2D eigenvalue weighted by Gasteiger charge is 2.01. The number of ether oxygens (including phenoxy) is 1. The molecule has 1 rings (SSSR count). The largest absolute Gasteiger partial charge is 0.493 e. The SMILES string of the molecule is CCOc1cccc(N)c1Br. The molecule has 60 valence electrons. The second-order valence-electron chi connectivity index (χ2n) is 2.09. The van der Waals surface area contributed by atoms with Gasteiger partial charge in [-0.25, -0.2) is 0 Å². The van der Waals surface area contributed by atoms with Gasteiger partial charge in [-0.2, -0.15) is 0 Å². The first-order chi connectivity index (χ1) is 5.25. The van der Waals surface area contributed by atoms with E-state index in [9.17, 15) is 0 Å². The Balaban J connectivity index is 2.96. The van der Waals surface area contributed by atoms with Gasteiger partial charge in [-0.3, -0.25) is 0 Å². The summed E-state index contributed by atoms with van der Waals surface area (Å²) in [6.07, 6.45) is 0. The number of benzene rings is 1. The minimum Gasteiger partial charge on any atom is -0.493 e. The van der Waals surface area contributed by atoms with Crippen molar-refractivity contribution in [1.82, 2.24) is 0 Å². The van der Waals surface area contributed by atoms with Gasteiger partial charge in [0.1, 0.15) is 5.75 Å². The maximum atomic E-state index is 5.62. The molecule has 0 aliphatic heterocycles. The standard InChI is InChI=1S/C8H10BrNO/c1-2-11-7-5-3-4-6(10)8(7)9/h3-5H,2,10H2,1H3. The molecular weight excluding hydrogens is 206 g/mol. The van der Waals surface area contributed by atoms with Crippen molar-refractivity contribution >= 4 is 21.6 Å². The second-order valence-corrected chi connectivity index (χ2v) is 2.89. The molecule has 0 spiro atoms. The van der Waals surface area contributed by atoms with Crippen LogP contribution in [0.5, 0.6) is 5.75 Å². The van der Waals surface area contributed by atoms with Gasteiger partial charge in [-0.1, -0.05) is 6.07 Å². The molecule has 0 bridgehead atoms. The van der Waals surface area contributed by atoms with E-state index in [1.165, 1.54) is 0 Å². The topological polar surface area (TPSA) is 35.2 Å². The molecule has 0 unspecified atom stereocenters. The molecule has 3 heteroatoms. The number of anilines is 1. The highest BCUT2D eigenvalue weighted by Crippen LogP contribution is 2.29. The van der Waals surface area contributed by atoms with Crippen LogP contribution in [0, 0.1) is 0 Å². The van der Waals surface area contributed by atoms with E-state index in [2.05, 4.69) is 15.9 Å². The molecule has 0 aliphatic rings. The zero-order chi connectivity index (χ0) is 8.27. The van der Waals surface area contributed by atoms with Crippen molar-refractivity contribution < 1.29 is 4.74 Å². The number of rotatable bonds is 2. The molecule has 0 aromatic heterocycles. The lowest BCUT2D eigenvalue weighted by atomic mass is 10.3. The summed E-state index contributed by atoms with van der Waals surface area (Å²) in [4.78, 5) is 0. The summed E-state index contributed by atoms with van der Waals surface area (Å²) in [6.45, 7) is 2.59. The van der Waals surface area contributed by atoms with Crippen LogP contribution in [0.15, 0.2) is 22.7 Å². The Kier molecular flexibility index (Phi) is 2.76. The van der Waals surface area contributed by atoms with Crippen molar-refractivity contribution in [3.63, 3.8) is 0 Å². The zero-order valence-electron chi connectivity index (χ0n) is 6.30. The molecule has 11 heavy (non-hydrogen) atoms. The predicted molar refractivity (Wildman–Crippen MR) is 49.7 cm³/mol. The van der Waals surface area contributed by atoms with Gasteiger partial charge in [0.2, 0.25) is 0 Å². The molecule has 1 aromatic rings. The van der Waals surface area contributed by atoms with E-state index in [1.54, 1.807) is 0 Å². The normalized spacial score (nSPS) is 9.64. The van der Waals surface area contributed by atoms with Crippen LogP contribution in [0.1, 0.15) is 6.92 Å². The van der Waals surface area contributed by atoms with Crippen LogP contribution < -0.4 is 10.5 Å². The Morgan fingerprint density at radius 2 is 2.27 bits per heavy atom. The van der Waals surface area contributed by atoms with Crippen LogP contribution in [-0.2, 0) is 0 Å². The highest BCUT2D eigenvalue weighted by molar-refractivity contribution is 9.10. The molecule has 0 radical (unpaired) electrons. The van der Waals surface area contributed by atoms with Crippen molar-refractivity contribution in [1.29, 1.82) is 0 Å². The Morgan fingerprint density at radius 1 is 1.55 bits per heavy atom. The minimum atomic E-state index is 0.655. The van der Waals surface area contributed by atoms with Crippen LogP contribution in [-0.4, -0.2) is 6.61 Å². The zero-order valence-corrected chi connectivity index (χ0v) is 7.89. The quantitative estimate of drug-likeness (QED) is 0.770. The summed E-state index contributed by atoms with van der Waals surface area (Å²) in [7, 11) is 0. The van der Waals surface area contributed by atoms with Crippen LogP contribution in [0.4, 0.5) is 5.69 Å². The highest BCUT2D eigenvalue weighted by atomic mass is 79.9. The van der Waals surface area contributed by atoms with Gasteiger partial charge in [-0.15, -0.1) is 0 Å². The van der Waals surface area contributed by atoms with E-state index < -0.39 is 0 Å². The van der Waals surface area contributed by atoms with Crippen molar-refractivity contribution in [3.05, 3.63) is 22.7 Å². The average molecular weight is 216 g/mol. The molecule has 0 aliphatic carbocycles. The molecule has 1 aromatic carbocycles. The van der Waals surface area contributed by atoms with Crippen molar-refractivity contribution in [2.45, 2.75) is 6.92 Å². The van der Waals surface area contributed by atoms with E-state index in [0.717, 1.165) is 10.2 Å². The third-order valence-corrected chi connectivity index (χ3v) is 2.14. The number of nitrogens with two attached hydrogens (primary N) is 1. The molecule has 0 saturated carbocycles. The fourth-order valence-corrected chi connectivity index (χ4v) is 1.17. The molecule has 0 amide bonds. The maximum absolute atomic E-state index is 5.62. The summed E-state index contributed by atoms with van der Waals surface area (Å²) in [5, 5.41) is 0. The summed E-state index contributed by atoms with van der Waals surface area (Å²) in [5.41, 5.74) is 6.33. The van der Waals surface area contributed by atoms with Crippen molar-refractivity contribution in [2.75, 3.05) is 12.3 Å². The fourth-order valence-electron chi connectivity index (χ4n) is 0.795. The maximum Gasteiger partial charge on any atom is 0.135 e. The van der Waals surface area contributed by atoms with Crippen molar-refractivity contribution in [2.24, 2.45) is 0 Å². The van der Waals surface area contributed by atoms with E-state index in [4.69, 9.17) is 10.5 Å². The Labute approximate surface area is 74.5 Å².